The Kier molecular flexibility index (Phi) is 5.68. The second-order valence-corrected chi connectivity index (χ2v) is 6.31. The summed E-state index contributed by atoms with van der Waals surface area (Å²) in [6.45, 7) is 6.92. The summed E-state index contributed by atoms with van der Waals surface area (Å²) in [4.78, 5) is 0. The third-order valence-corrected chi connectivity index (χ3v) is 3.85. The minimum atomic E-state index is 0.174. The normalized spacial score (nSPS) is 20.3. The van der Waals surface area contributed by atoms with Crippen molar-refractivity contribution in [3.05, 3.63) is 35.4 Å². The van der Waals surface area contributed by atoms with Crippen LogP contribution in [-0.4, -0.2) is 25.1 Å². The first-order chi connectivity index (χ1) is 9.16. The van der Waals surface area contributed by atoms with E-state index in [9.17, 15) is 0 Å². The van der Waals surface area contributed by atoms with Gasteiger partial charge in [0.25, 0.3) is 0 Å². The molecule has 2 rings (SSSR count). The van der Waals surface area contributed by atoms with Gasteiger partial charge in [0.2, 0.25) is 0 Å². The molecule has 2 unspecified atom stereocenters. The largest absolute Gasteiger partial charge is 0.372 e. The summed E-state index contributed by atoms with van der Waals surface area (Å²) in [5, 5.41) is 3.65. The molecule has 1 N–H and O–H groups in total. The molecule has 3 heteroatoms. The Morgan fingerprint density at radius 3 is 2.95 bits per heavy atom. The number of hydrogen-bond acceptors (Lipinski definition) is 2. The van der Waals surface area contributed by atoms with Crippen LogP contribution in [0.2, 0.25) is 0 Å². The number of hydrogen-bond donors (Lipinski definition) is 1. The highest BCUT2D eigenvalue weighted by Crippen LogP contribution is 2.26. The number of fused-ring (bicyclic) bond motifs is 1. The van der Waals surface area contributed by atoms with Crippen LogP contribution < -0.4 is 5.32 Å². The highest BCUT2D eigenvalue weighted by molar-refractivity contribution is 6.20. The Morgan fingerprint density at radius 1 is 1.37 bits per heavy atom. The zero-order chi connectivity index (χ0) is 13.7. The highest BCUT2D eigenvalue weighted by atomic mass is 35.5. The first-order valence-corrected chi connectivity index (χ1v) is 7.64. The van der Waals surface area contributed by atoms with Gasteiger partial charge in [-0.2, -0.15) is 0 Å². The van der Waals surface area contributed by atoms with Crippen molar-refractivity contribution in [1.82, 2.24) is 5.32 Å². The van der Waals surface area contributed by atoms with Gasteiger partial charge >= 0.3 is 0 Å². The van der Waals surface area contributed by atoms with Crippen molar-refractivity contribution in [3.8, 4) is 0 Å². The Hall–Kier alpha value is -0.570. The first kappa shape index (κ1) is 14.8. The van der Waals surface area contributed by atoms with E-state index in [1.54, 1.807) is 0 Å². The van der Waals surface area contributed by atoms with E-state index in [0.29, 0.717) is 5.92 Å². The maximum atomic E-state index is 6.29. The molecule has 2 atom stereocenters. The van der Waals surface area contributed by atoms with Gasteiger partial charge in [0.05, 0.1) is 12.7 Å². The number of alkyl halides is 1. The molecule has 0 radical (unpaired) electrons. The summed E-state index contributed by atoms with van der Waals surface area (Å²) >= 11 is 6.29. The zero-order valence-electron chi connectivity index (χ0n) is 11.9. The van der Waals surface area contributed by atoms with Crippen molar-refractivity contribution in [2.24, 2.45) is 5.92 Å². The second-order valence-electron chi connectivity index (χ2n) is 5.69. The van der Waals surface area contributed by atoms with Crippen LogP contribution in [0.4, 0.5) is 0 Å². The van der Waals surface area contributed by atoms with Crippen molar-refractivity contribution >= 4 is 11.6 Å². The lowest BCUT2D eigenvalue weighted by Crippen LogP contribution is -2.31. The summed E-state index contributed by atoms with van der Waals surface area (Å²) in [5.41, 5.74) is 2.75. The molecule has 0 bridgehead atoms. The number of rotatable bonds is 6. The molecule has 0 spiro atoms. The maximum Gasteiger partial charge on any atom is 0.0952 e. The molecular weight excluding hydrogens is 258 g/mol. The minimum Gasteiger partial charge on any atom is -0.372 e. The van der Waals surface area contributed by atoms with Crippen LogP contribution in [-0.2, 0) is 11.2 Å². The van der Waals surface area contributed by atoms with E-state index >= 15 is 0 Å². The molecule has 2 nitrogen and oxygen atoms in total. The Morgan fingerprint density at radius 2 is 2.16 bits per heavy atom. The predicted molar refractivity (Wildman–Crippen MR) is 80.8 cm³/mol. The quantitative estimate of drug-likeness (QED) is 0.805. The standard InChI is InChI=1S/C16H24ClNO/c1-12(2)9-14(17)10-18-11-16-15-6-4-3-5-13(15)7-8-19-16/h3-6,12,14,16,18H,7-11H2,1-2H3. The van der Waals surface area contributed by atoms with Crippen molar-refractivity contribution in [1.29, 1.82) is 0 Å². The summed E-state index contributed by atoms with van der Waals surface area (Å²) < 4.78 is 5.86. The fraction of sp³-hybridized carbons (Fsp3) is 0.625. The third kappa shape index (κ3) is 4.48. The average molecular weight is 282 g/mol. The van der Waals surface area contributed by atoms with Crippen molar-refractivity contribution in [2.45, 2.75) is 38.2 Å². The summed E-state index contributed by atoms with van der Waals surface area (Å²) in [5.74, 6) is 0.649. The second kappa shape index (κ2) is 7.28. The fourth-order valence-corrected chi connectivity index (χ4v) is 3.08. The van der Waals surface area contributed by atoms with Gasteiger partial charge in [-0.3, -0.25) is 0 Å². The lowest BCUT2D eigenvalue weighted by Gasteiger charge is -2.26. The average Bonchev–Trinajstić information content (AvgIpc) is 2.38. The summed E-state index contributed by atoms with van der Waals surface area (Å²) in [6.07, 6.45) is 2.25. The molecular formula is C16H24ClNO. The molecule has 1 aromatic rings. The Balaban J connectivity index is 1.81. The number of ether oxygens (including phenoxy) is 1. The predicted octanol–water partition coefficient (Wildman–Crippen LogP) is 3.54. The summed E-state index contributed by atoms with van der Waals surface area (Å²) in [6, 6.07) is 8.57. The van der Waals surface area contributed by atoms with E-state index in [1.165, 1.54) is 11.1 Å². The SMILES string of the molecule is CC(C)CC(Cl)CNCC1OCCc2ccccc21. The molecule has 0 aliphatic carbocycles. The van der Waals surface area contributed by atoms with Gasteiger partial charge in [0.1, 0.15) is 0 Å². The lowest BCUT2D eigenvalue weighted by atomic mass is 9.97. The smallest absolute Gasteiger partial charge is 0.0952 e. The van der Waals surface area contributed by atoms with Crippen LogP contribution >= 0.6 is 11.6 Å². The van der Waals surface area contributed by atoms with Gasteiger partial charge in [-0.05, 0) is 29.9 Å². The molecule has 1 aliphatic rings. The molecule has 0 fully saturated rings. The number of halogens is 1. The Labute approximate surface area is 121 Å². The van der Waals surface area contributed by atoms with Crippen LogP contribution in [0, 0.1) is 5.92 Å². The van der Waals surface area contributed by atoms with Crippen molar-refractivity contribution in [3.63, 3.8) is 0 Å². The minimum absolute atomic E-state index is 0.174. The molecule has 0 aromatic heterocycles. The van der Waals surface area contributed by atoms with E-state index < -0.39 is 0 Å². The van der Waals surface area contributed by atoms with Crippen LogP contribution in [0.25, 0.3) is 0 Å². The van der Waals surface area contributed by atoms with Gasteiger partial charge < -0.3 is 10.1 Å². The maximum absolute atomic E-state index is 6.29. The van der Waals surface area contributed by atoms with E-state index in [1.807, 2.05) is 0 Å². The van der Waals surface area contributed by atoms with Crippen LogP contribution in [0.15, 0.2) is 24.3 Å². The molecule has 19 heavy (non-hydrogen) atoms. The summed E-state index contributed by atoms with van der Waals surface area (Å²) in [7, 11) is 0. The number of nitrogens with one attached hydrogen (secondary N) is 1. The third-order valence-electron chi connectivity index (χ3n) is 3.52. The van der Waals surface area contributed by atoms with Gasteiger partial charge in [0, 0.05) is 18.5 Å². The molecule has 0 amide bonds. The van der Waals surface area contributed by atoms with E-state index in [4.69, 9.17) is 16.3 Å². The van der Waals surface area contributed by atoms with Gasteiger partial charge in [0.15, 0.2) is 0 Å². The monoisotopic (exact) mass is 281 g/mol. The number of benzene rings is 1. The molecule has 1 aromatic carbocycles. The highest BCUT2D eigenvalue weighted by Gasteiger charge is 2.20. The van der Waals surface area contributed by atoms with Crippen molar-refractivity contribution < 1.29 is 4.74 Å². The molecule has 1 heterocycles. The van der Waals surface area contributed by atoms with E-state index in [0.717, 1.165) is 32.5 Å². The molecule has 0 saturated carbocycles. The van der Waals surface area contributed by atoms with E-state index in [-0.39, 0.29) is 11.5 Å². The lowest BCUT2D eigenvalue weighted by molar-refractivity contribution is 0.0426. The van der Waals surface area contributed by atoms with E-state index in [2.05, 4.69) is 43.4 Å². The van der Waals surface area contributed by atoms with Crippen LogP contribution in [0.3, 0.4) is 0 Å². The fourth-order valence-electron chi connectivity index (χ4n) is 2.61. The van der Waals surface area contributed by atoms with Crippen LogP contribution in [0.1, 0.15) is 37.5 Å². The van der Waals surface area contributed by atoms with Crippen LogP contribution in [0.5, 0.6) is 0 Å². The van der Waals surface area contributed by atoms with Gasteiger partial charge in [-0.25, -0.2) is 0 Å². The molecule has 1 aliphatic heterocycles. The molecule has 0 saturated heterocycles. The molecule has 106 valence electrons. The Bertz CT molecular complexity index is 394. The zero-order valence-corrected chi connectivity index (χ0v) is 12.6. The topological polar surface area (TPSA) is 21.3 Å². The van der Waals surface area contributed by atoms with Gasteiger partial charge in [-0.15, -0.1) is 11.6 Å². The first-order valence-electron chi connectivity index (χ1n) is 7.21. The van der Waals surface area contributed by atoms with Crippen molar-refractivity contribution in [2.75, 3.05) is 19.7 Å². The van der Waals surface area contributed by atoms with Gasteiger partial charge in [-0.1, -0.05) is 38.1 Å².